The summed E-state index contributed by atoms with van der Waals surface area (Å²) < 4.78 is 10.2. The molecule has 1 aliphatic rings. The van der Waals surface area contributed by atoms with Crippen LogP contribution in [0.3, 0.4) is 0 Å². The lowest BCUT2D eigenvalue weighted by molar-refractivity contribution is -0.146. The Hall–Kier alpha value is -2.24. The van der Waals surface area contributed by atoms with Gasteiger partial charge in [-0.1, -0.05) is 6.07 Å². The SMILES string of the molecule is CN=C(NCc1cc(C)cc(OC)c1)N1CCC(C(=O)OC)CC1. The number of hydrogen-bond donors (Lipinski definition) is 1. The number of benzene rings is 1. The summed E-state index contributed by atoms with van der Waals surface area (Å²) in [6.07, 6.45) is 1.59. The third kappa shape index (κ3) is 4.63. The van der Waals surface area contributed by atoms with Gasteiger partial charge >= 0.3 is 5.97 Å². The number of guanidine groups is 1. The number of hydrogen-bond acceptors (Lipinski definition) is 4. The van der Waals surface area contributed by atoms with E-state index in [2.05, 4.69) is 28.2 Å². The monoisotopic (exact) mass is 333 g/mol. The molecule has 1 saturated heterocycles. The number of nitrogens with one attached hydrogen (secondary N) is 1. The Morgan fingerprint density at radius 2 is 2.00 bits per heavy atom. The van der Waals surface area contributed by atoms with Crippen LogP contribution in [0.2, 0.25) is 0 Å². The first kappa shape index (κ1) is 18.1. The molecular weight excluding hydrogens is 306 g/mol. The molecule has 6 nitrogen and oxygen atoms in total. The van der Waals surface area contributed by atoms with Crippen LogP contribution in [-0.4, -0.2) is 51.2 Å². The minimum absolute atomic E-state index is 0.00499. The summed E-state index contributed by atoms with van der Waals surface area (Å²) in [7, 11) is 4.91. The van der Waals surface area contributed by atoms with E-state index in [1.54, 1.807) is 14.2 Å². The summed E-state index contributed by atoms with van der Waals surface area (Å²) in [5, 5.41) is 3.40. The fourth-order valence-electron chi connectivity index (χ4n) is 3.05. The van der Waals surface area contributed by atoms with Crippen LogP contribution in [0.4, 0.5) is 0 Å². The molecule has 6 heteroatoms. The largest absolute Gasteiger partial charge is 0.497 e. The molecule has 0 aliphatic carbocycles. The third-order valence-electron chi connectivity index (χ3n) is 4.34. The first-order chi connectivity index (χ1) is 11.6. The van der Waals surface area contributed by atoms with E-state index in [-0.39, 0.29) is 11.9 Å². The van der Waals surface area contributed by atoms with Crippen LogP contribution in [0.5, 0.6) is 5.75 Å². The lowest BCUT2D eigenvalue weighted by Crippen LogP contribution is -2.46. The van der Waals surface area contributed by atoms with E-state index in [1.807, 2.05) is 12.1 Å². The Morgan fingerprint density at radius 1 is 1.29 bits per heavy atom. The molecule has 132 valence electrons. The van der Waals surface area contributed by atoms with Gasteiger partial charge in [0.15, 0.2) is 5.96 Å². The average Bonchev–Trinajstić information content (AvgIpc) is 2.61. The molecule has 0 bridgehead atoms. The maximum Gasteiger partial charge on any atom is 0.308 e. The molecule has 0 aromatic heterocycles. The molecule has 1 aliphatic heterocycles. The van der Waals surface area contributed by atoms with Crippen LogP contribution >= 0.6 is 0 Å². The van der Waals surface area contributed by atoms with Crippen LogP contribution in [0.15, 0.2) is 23.2 Å². The summed E-state index contributed by atoms with van der Waals surface area (Å²) >= 11 is 0. The van der Waals surface area contributed by atoms with Crippen molar-refractivity contribution in [3.63, 3.8) is 0 Å². The normalized spacial score (nSPS) is 16.0. The summed E-state index contributed by atoms with van der Waals surface area (Å²) in [4.78, 5) is 18.2. The number of rotatable bonds is 4. The first-order valence-corrected chi connectivity index (χ1v) is 8.25. The number of ether oxygens (including phenoxy) is 2. The first-order valence-electron chi connectivity index (χ1n) is 8.25. The van der Waals surface area contributed by atoms with E-state index in [0.29, 0.717) is 6.54 Å². The lowest BCUT2D eigenvalue weighted by Gasteiger charge is -2.33. The van der Waals surface area contributed by atoms with Gasteiger partial charge < -0.3 is 19.7 Å². The Balaban J connectivity index is 1.92. The van der Waals surface area contributed by atoms with Gasteiger partial charge in [-0.25, -0.2) is 0 Å². The summed E-state index contributed by atoms with van der Waals surface area (Å²) in [5.41, 5.74) is 2.32. The minimum atomic E-state index is -0.107. The van der Waals surface area contributed by atoms with Crippen LogP contribution in [-0.2, 0) is 16.1 Å². The molecule has 0 radical (unpaired) electrons. The number of methoxy groups -OCH3 is 2. The van der Waals surface area contributed by atoms with Crippen molar-refractivity contribution in [2.24, 2.45) is 10.9 Å². The number of aryl methyl sites for hydroxylation is 1. The van der Waals surface area contributed by atoms with Crippen molar-refractivity contribution < 1.29 is 14.3 Å². The van der Waals surface area contributed by atoms with Gasteiger partial charge in [0.1, 0.15) is 5.75 Å². The van der Waals surface area contributed by atoms with Gasteiger partial charge in [0.25, 0.3) is 0 Å². The van der Waals surface area contributed by atoms with Gasteiger partial charge in [0.05, 0.1) is 20.1 Å². The number of aliphatic imine (C=N–C) groups is 1. The third-order valence-corrected chi connectivity index (χ3v) is 4.34. The number of carbonyl (C=O) groups excluding carboxylic acids is 1. The molecular formula is C18H27N3O3. The van der Waals surface area contributed by atoms with Gasteiger partial charge in [-0.3, -0.25) is 9.79 Å². The molecule has 0 saturated carbocycles. The van der Waals surface area contributed by atoms with Gasteiger partial charge in [-0.05, 0) is 43.0 Å². The Bertz CT molecular complexity index is 593. The fourth-order valence-corrected chi connectivity index (χ4v) is 3.05. The molecule has 1 aromatic carbocycles. The fraction of sp³-hybridized carbons (Fsp3) is 0.556. The van der Waals surface area contributed by atoms with E-state index < -0.39 is 0 Å². The number of carbonyl (C=O) groups is 1. The van der Waals surface area contributed by atoms with E-state index in [1.165, 1.54) is 12.7 Å². The van der Waals surface area contributed by atoms with Gasteiger partial charge in [0.2, 0.25) is 0 Å². The van der Waals surface area contributed by atoms with Gasteiger partial charge in [-0.2, -0.15) is 0 Å². The van der Waals surface area contributed by atoms with Crippen molar-refractivity contribution in [2.45, 2.75) is 26.3 Å². The molecule has 0 amide bonds. The Morgan fingerprint density at radius 3 is 2.58 bits per heavy atom. The molecule has 1 N–H and O–H groups in total. The molecule has 1 aromatic rings. The highest BCUT2D eigenvalue weighted by Crippen LogP contribution is 2.19. The predicted octanol–water partition coefficient (Wildman–Crippen LogP) is 1.96. The lowest BCUT2D eigenvalue weighted by atomic mass is 9.97. The second-order valence-corrected chi connectivity index (χ2v) is 6.04. The van der Waals surface area contributed by atoms with E-state index in [0.717, 1.165) is 43.2 Å². The second kappa shape index (κ2) is 8.57. The highest BCUT2D eigenvalue weighted by atomic mass is 16.5. The van der Waals surface area contributed by atoms with E-state index in [9.17, 15) is 4.79 Å². The zero-order valence-corrected chi connectivity index (χ0v) is 15.0. The average molecular weight is 333 g/mol. The molecule has 2 rings (SSSR count). The summed E-state index contributed by atoms with van der Waals surface area (Å²) in [6.45, 7) is 4.34. The highest BCUT2D eigenvalue weighted by molar-refractivity contribution is 5.80. The van der Waals surface area contributed by atoms with Crippen molar-refractivity contribution in [2.75, 3.05) is 34.4 Å². The summed E-state index contributed by atoms with van der Waals surface area (Å²) in [6, 6.07) is 6.17. The predicted molar refractivity (Wildman–Crippen MR) is 94.2 cm³/mol. The maximum absolute atomic E-state index is 11.6. The van der Waals surface area contributed by atoms with Crippen LogP contribution < -0.4 is 10.1 Å². The smallest absolute Gasteiger partial charge is 0.308 e. The van der Waals surface area contributed by atoms with Crippen molar-refractivity contribution >= 4 is 11.9 Å². The zero-order valence-electron chi connectivity index (χ0n) is 15.0. The number of piperidine rings is 1. The number of esters is 1. The molecule has 0 atom stereocenters. The van der Waals surface area contributed by atoms with Crippen LogP contribution in [0.25, 0.3) is 0 Å². The van der Waals surface area contributed by atoms with Crippen molar-refractivity contribution in [3.8, 4) is 5.75 Å². The standard InChI is InChI=1S/C18H27N3O3/c1-13-9-14(11-16(10-13)23-3)12-20-18(19-2)21-7-5-15(6-8-21)17(22)24-4/h9-11,15H,5-8,12H2,1-4H3,(H,19,20). The number of likely N-dealkylation sites (tertiary alicyclic amines) is 1. The molecule has 1 heterocycles. The Kier molecular flexibility index (Phi) is 6.46. The minimum Gasteiger partial charge on any atom is -0.497 e. The zero-order chi connectivity index (χ0) is 17.5. The van der Waals surface area contributed by atoms with Crippen LogP contribution in [0, 0.1) is 12.8 Å². The Labute approximate surface area is 143 Å². The van der Waals surface area contributed by atoms with Crippen molar-refractivity contribution in [3.05, 3.63) is 29.3 Å². The maximum atomic E-state index is 11.6. The summed E-state index contributed by atoms with van der Waals surface area (Å²) in [5.74, 6) is 1.62. The van der Waals surface area contributed by atoms with Crippen LogP contribution in [0.1, 0.15) is 24.0 Å². The molecule has 0 unspecified atom stereocenters. The quantitative estimate of drug-likeness (QED) is 0.518. The van der Waals surface area contributed by atoms with E-state index >= 15 is 0 Å². The molecule has 0 spiro atoms. The highest BCUT2D eigenvalue weighted by Gasteiger charge is 2.26. The topological polar surface area (TPSA) is 63.2 Å². The molecule has 1 fully saturated rings. The number of nitrogens with zero attached hydrogens (tertiary/aromatic N) is 2. The van der Waals surface area contributed by atoms with E-state index in [4.69, 9.17) is 9.47 Å². The second-order valence-electron chi connectivity index (χ2n) is 6.04. The van der Waals surface area contributed by atoms with Crippen molar-refractivity contribution in [1.82, 2.24) is 10.2 Å². The van der Waals surface area contributed by atoms with Gasteiger partial charge in [-0.15, -0.1) is 0 Å². The van der Waals surface area contributed by atoms with Gasteiger partial charge in [0, 0.05) is 26.7 Å². The molecule has 24 heavy (non-hydrogen) atoms. The van der Waals surface area contributed by atoms with Crippen molar-refractivity contribution in [1.29, 1.82) is 0 Å².